The second-order valence-corrected chi connectivity index (χ2v) is 4.89. The van der Waals surface area contributed by atoms with E-state index in [9.17, 15) is 9.59 Å². The first-order valence-electron chi connectivity index (χ1n) is 6.69. The molecule has 1 N–H and O–H groups in total. The smallest absolute Gasteiger partial charge is 0.227 e. The van der Waals surface area contributed by atoms with Crippen LogP contribution in [0.3, 0.4) is 0 Å². The molecule has 2 rings (SSSR count). The molecule has 1 amide bonds. The molecule has 1 atom stereocenters. The van der Waals surface area contributed by atoms with Crippen molar-refractivity contribution in [2.45, 2.75) is 32.2 Å². The Balaban J connectivity index is 2.21. The Morgan fingerprint density at radius 3 is 2.95 bits per heavy atom. The highest BCUT2D eigenvalue weighted by atomic mass is 16.5. The van der Waals surface area contributed by atoms with Crippen LogP contribution in [-0.4, -0.2) is 25.4 Å². The fraction of sp³-hybridized carbons (Fsp3) is 0.467. The molecule has 0 aliphatic carbocycles. The summed E-state index contributed by atoms with van der Waals surface area (Å²) in [5.74, 6) is 1.09. The Kier molecular flexibility index (Phi) is 4.61. The highest BCUT2D eigenvalue weighted by molar-refractivity contribution is 5.96. The lowest BCUT2D eigenvalue weighted by molar-refractivity contribution is -0.127. The van der Waals surface area contributed by atoms with E-state index in [2.05, 4.69) is 5.32 Å². The predicted molar refractivity (Wildman–Crippen MR) is 73.9 cm³/mol. The van der Waals surface area contributed by atoms with Gasteiger partial charge in [-0.1, -0.05) is 0 Å². The highest BCUT2D eigenvalue weighted by Crippen LogP contribution is 2.34. The van der Waals surface area contributed by atoms with Crippen LogP contribution in [0.5, 0.6) is 11.5 Å². The van der Waals surface area contributed by atoms with E-state index in [1.807, 2.05) is 18.2 Å². The summed E-state index contributed by atoms with van der Waals surface area (Å²) in [5.41, 5.74) is 0.902. The van der Waals surface area contributed by atoms with Crippen LogP contribution in [0, 0.1) is 0 Å². The number of nitrogens with one attached hydrogen (secondary N) is 1. The summed E-state index contributed by atoms with van der Waals surface area (Å²) in [6, 6.07) is 5.41. The number of rotatable bonds is 4. The van der Waals surface area contributed by atoms with Gasteiger partial charge in [0.25, 0.3) is 0 Å². The molecule has 0 saturated heterocycles. The number of amides is 1. The molecule has 5 nitrogen and oxygen atoms in total. The topological polar surface area (TPSA) is 64.6 Å². The van der Waals surface area contributed by atoms with Crippen LogP contribution in [0.25, 0.3) is 0 Å². The third kappa shape index (κ3) is 3.50. The van der Waals surface area contributed by atoms with E-state index >= 15 is 0 Å². The van der Waals surface area contributed by atoms with Gasteiger partial charge in [-0.3, -0.25) is 9.59 Å². The van der Waals surface area contributed by atoms with Gasteiger partial charge in [0.1, 0.15) is 17.3 Å². The molecule has 1 unspecified atom stereocenters. The molecule has 1 aliphatic rings. The Bertz CT molecular complexity index is 513. The Morgan fingerprint density at radius 2 is 2.25 bits per heavy atom. The van der Waals surface area contributed by atoms with E-state index in [4.69, 9.17) is 9.47 Å². The zero-order valence-corrected chi connectivity index (χ0v) is 11.8. The predicted octanol–water partition coefficient (Wildman–Crippen LogP) is 2.00. The normalized spacial score (nSPS) is 17.4. The van der Waals surface area contributed by atoms with Crippen molar-refractivity contribution in [2.24, 2.45) is 0 Å². The van der Waals surface area contributed by atoms with E-state index in [1.165, 1.54) is 6.92 Å². The van der Waals surface area contributed by atoms with Gasteiger partial charge in [0, 0.05) is 5.56 Å². The van der Waals surface area contributed by atoms with Gasteiger partial charge >= 0.3 is 0 Å². The molecule has 0 fully saturated rings. The molecule has 0 spiro atoms. The summed E-state index contributed by atoms with van der Waals surface area (Å²) in [7, 11) is 1.60. The third-order valence-electron chi connectivity index (χ3n) is 3.23. The fourth-order valence-electron chi connectivity index (χ4n) is 2.30. The van der Waals surface area contributed by atoms with Crippen molar-refractivity contribution in [3.05, 3.63) is 23.8 Å². The number of benzene rings is 1. The van der Waals surface area contributed by atoms with Gasteiger partial charge < -0.3 is 14.8 Å². The van der Waals surface area contributed by atoms with Crippen LogP contribution in [0.15, 0.2) is 18.2 Å². The van der Waals surface area contributed by atoms with Crippen LogP contribution < -0.4 is 14.8 Å². The van der Waals surface area contributed by atoms with Gasteiger partial charge in [0.2, 0.25) is 5.91 Å². The summed E-state index contributed by atoms with van der Waals surface area (Å²) in [6.45, 7) is 2.03. The van der Waals surface area contributed by atoms with Crippen LogP contribution in [0.4, 0.5) is 0 Å². The van der Waals surface area contributed by atoms with Crippen molar-refractivity contribution in [3.63, 3.8) is 0 Å². The number of ether oxygens (including phenoxy) is 2. The third-order valence-corrected chi connectivity index (χ3v) is 3.23. The van der Waals surface area contributed by atoms with Gasteiger partial charge in [0.05, 0.1) is 26.2 Å². The van der Waals surface area contributed by atoms with E-state index in [0.717, 1.165) is 29.9 Å². The molecule has 5 heteroatoms. The quantitative estimate of drug-likeness (QED) is 0.855. The standard InChI is InChI=1S/C15H19NO4/c1-10(17)8-15(18)16-13-4-3-7-20-14-6-5-11(19-2)9-12(13)14/h5-6,9,13H,3-4,7-8H2,1-2H3,(H,16,18). The number of carbonyl (C=O) groups is 2. The number of fused-ring (bicyclic) bond motifs is 1. The summed E-state index contributed by atoms with van der Waals surface area (Å²) in [4.78, 5) is 22.8. The lowest BCUT2D eigenvalue weighted by Crippen LogP contribution is -2.29. The largest absolute Gasteiger partial charge is 0.497 e. The molecule has 0 radical (unpaired) electrons. The van der Waals surface area contributed by atoms with Crippen molar-refractivity contribution in [1.29, 1.82) is 0 Å². The minimum atomic E-state index is -0.252. The van der Waals surface area contributed by atoms with Gasteiger partial charge in [-0.25, -0.2) is 0 Å². The fourth-order valence-corrected chi connectivity index (χ4v) is 2.30. The molecule has 1 heterocycles. The number of ketones is 1. The van der Waals surface area contributed by atoms with Gasteiger partial charge in [-0.05, 0) is 38.0 Å². The average molecular weight is 277 g/mol. The number of hydrogen-bond donors (Lipinski definition) is 1. The Labute approximate surface area is 118 Å². The zero-order valence-electron chi connectivity index (χ0n) is 11.8. The lowest BCUT2D eigenvalue weighted by Gasteiger charge is -2.18. The van der Waals surface area contributed by atoms with E-state index in [0.29, 0.717) is 6.61 Å². The maximum absolute atomic E-state index is 11.8. The van der Waals surface area contributed by atoms with Crippen LogP contribution in [0.2, 0.25) is 0 Å². The number of methoxy groups -OCH3 is 1. The van der Waals surface area contributed by atoms with E-state index < -0.39 is 0 Å². The van der Waals surface area contributed by atoms with Gasteiger partial charge in [0.15, 0.2) is 0 Å². The second kappa shape index (κ2) is 6.41. The zero-order chi connectivity index (χ0) is 14.5. The van der Waals surface area contributed by atoms with E-state index in [-0.39, 0.29) is 24.2 Å². The first kappa shape index (κ1) is 14.4. The summed E-state index contributed by atoms with van der Waals surface area (Å²) >= 11 is 0. The molecule has 0 aromatic heterocycles. The van der Waals surface area contributed by atoms with Gasteiger partial charge in [-0.2, -0.15) is 0 Å². The summed E-state index contributed by atoms with van der Waals surface area (Å²) in [5, 5.41) is 2.90. The number of Topliss-reactive ketones (excluding diaryl/α,β-unsaturated/α-hetero) is 1. The minimum Gasteiger partial charge on any atom is -0.497 e. The average Bonchev–Trinajstić information content (AvgIpc) is 2.60. The lowest BCUT2D eigenvalue weighted by atomic mass is 10.0. The first-order chi connectivity index (χ1) is 9.60. The molecule has 1 aromatic rings. The van der Waals surface area contributed by atoms with Gasteiger partial charge in [-0.15, -0.1) is 0 Å². The monoisotopic (exact) mass is 277 g/mol. The van der Waals surface area contributed by atoms with Crippen LogP contribution >= 0.6 is 0 Å². The highest BCUT2D eigenvalue weighted by Gasteiger charge is 2.22. The SMILES string of the molecule is COc1ccc2c(c1)C(NC(=O)CC(C)=O)CCCO2. The number of carbonyl (C=O) groups excluding carboxylic acids is 2. The number of hydrogen-bond acceptors (Lipinski definition) is 4. The van der Waals surface area contributed by atoms with Crippen LogP contribution in [0.1, 0.15) is 37.8 Å². The van der Waals surface area contributed by atoms with Crippen LogP contribution in [-0.2, 0) is 9.59 Å². The molecular formula is C15H19NO4. The molecule has 108 valence electrons. The maximum Gasteiger partial charge on any atom is 0.227 e. The van der Waals surface area contributed by atoms with Crippen molar-refractivity contribution < 1.29 is 19.1 Å². The summed E-state index contributed by atoms with van der Waals surface area (Å²) in [6.07, 6.45) is 1.54. The molecule has 0 saturated carbocycles. The van der Waals surface area contributed by atoms with Crippen molar-refractivity contribution in [1.82, 2.24) is 5.32 Å². The van der Waals surface area contributed by atoms with Crippen molar-refractivity contribution in [3.8, 4) is 11.5 Å². The molecular weight excluding hydrogens is 258 g/mol. The first-order valence-corrected chi connectivity index (χ1v) is 6.69. The Hall–Kier alpha value is -2.04. The molecule has 20 heavy (non-hydrogen) atoms. The molecule has 1 aliphatic heterocycles. The van der Waals surface area contributed by atoms with Crippen molar-refractivity contribution >= 4 is 11.7 Å². The molecule has 0 bridgehead atoms. The Morgan fingerprint density at radius 1 is 1.45 bits per heavy atom. The summed E-state index contributed by atoms with van der Waals surface area (Å²) < 4.78 is 10.9. The maximum atomic E-state index is 11.8. The van der Waals surface area contributed by atoms with E-state index in [1.54, 1.807) is 7.11 Å². The second-order valence-electron chi connectivity index (χ2n) is 4.89. The minimum absolute atomic E-state index is 0.0866. The molecule has 1 aromatic carbocycles. The van der Waals surface area contributed by atoms with Crippen molar-refractivity contribution in [2.75, 3.05) is 13.7 Å².